The third-order valence-corrected chi connectivity index (χ3v) is 3.40. The van der Waals surface area contributed by atoms with Gasteiger partial charge < -0.3 is 9.26 Å². The van der Waals surface area contributed by atoms with Gasteiger partial charge >= 0.3 is 0 Å². The van der Waals surface area contributed by atoms with Crippen molar-refractivity contribution in [3.8, 4) is 11.4 Å². The highest BCUT2D eigenvalue weighted by Crippen LogP contribution is 2.28. The van der Waals surface area contributed by atoms with Gasteiger partial charge in [-0.05, 0) is 47.6 Å². The Morgan fingerprint density at radius 3 is 3.06 bits per heavy atom. The molecule has 17 heavy (non-hydrogen) atoms. The minimum Gasteiger partial charge on any atom is -0.368 e. The molecule has 0 amide bonds. The van der Waals surface area contributed by atoms with Crippen molar-refractivity contribution in [3.05, 3.63) is 33.7 Å². The Morgan fingerprint density at radius 1 is 1.35 bits per heavy atom. The van der Waals surface area contributed by atoms with Crippen LogP contribution in [-0.2, 0) is 4.74 Å². The molecule has 0 N–H and O–H groups in total. The second-order valence-electron chi connectivity index (χ2n) is 3.97. The summed E-state index contributed by atoms with van der Waals surface area (Å²) in [6.45, 7) is 0.783. The zero-order valence-corrected chi connectivity index (χ0v) is 11.3. The summed E-state index contributed by atoms with van der Waals surface area (Å²) in [5, 5.41) is 4.00. The molecule has 88 valence electrons. The van der Waals surface area contributed by atoms with Crippen LogP contribution in [0.25, 0.3) is 11.4 Å². The Kier molecular flexibility index (Phi) is 3.11. The van der Waals surface area contributed by atoms with E-state index in [2.05, 4.69) is 32.7 Å². The molecule has 1 aromatic carbocycles. The van der Waals surface area contributed by atoms with Gasteiger partial charge in [0, 0.05) is 15.7 Å². The second kappa shape index (κ2) is 4.73. The molecule has 1 fully saturated rings. The fourth-order valence-electron chi connectivity index (χ4n) is 1.88. The molecule has 1 aliphatic rings. The van der Waals surface area contributed by atoms with E-state index in [4.69, 9.17) is 9.26 Å². The van der Waals surface area contributed by atoms with E-state index in [0.717, 1.165) is 28.6 Å². The van der Waals surface area contributed by atoms with Crippen LogP contribution in [0.3, 0.4) is 0 Å². The third-order valence-electron chi connectivity index (χ3n) is 2.73. The third kappa shape index (κ3) is 2.35. The molecule has 0 radical (unpaired) electrons. The van der Waals surface area contributed by atoms with E-state index in [-0.39, 0.29) is 6.10 Å². The van der Waals surface area contributed by atoms with Gasteiger partial charge in [-0.1, -0.05) is 17.3 Å². The predicted octanol–water partition coefficient (Wildman–Crippen LogP) is 3.19. The lowest BCUT2D eigenvalue weighted by atomic mass is 10.2. The number of ether oxygens (including phenoxy) is 1. The average molecular weight is 342 g/mol. The topological polar surface area (TPSA) is 48.2 Å². The fraction of sp³-hybridized carbons (Fsp3) is 0.333. The van der Waals surface area contributed by atoms with Crippen LogP contribution in [0, 0.1) is 3.57 Å². The van der Waals surface area contributed by atoms with Gasteiger partial charge in [0.05, 0.1) is 0 Å². The van der Waals surface area contributed by atoms with Crippen LogP contribution in [0.5, 0.6) is 0 Å². The molecule has 0 aliphatic carbocycles. The summed E-state index contributed by atoms with van der Waals surface area (Å²) in [7, 11) is 0. The maximum Gasteiger partial charge on any atom is 0.256 e. The quantitative estimate of drug-likeness (QED) is 0.787. The van der Waals surface area contributed by atoms with E-state index in [0.29, 0.717) is 11.7 Å². The van der Waals surface area contributed by atoms with Crippen LogP contribution in [0.1, 0.15) is 24.8 Å². The Balaban J connectivity index is 1.89. The van der Waals surface area contributed by atoms with Crippen LogP contribution < -0.4 is 0 Å². The molecule has 1 aromatic heterocycles. The number of halogens is 1. The molecule has 0 spiro atoms. The molecule has 5 heteroatoms. The standard InChI is InChI=1S/C12H11IN2O2/c13-9-4-1-3-8(7-9)11-14-12(17-15-11)10-5-2-6-16-10/h1,3-4,7,10H,2,5-6H2/t10-/m0/s1. The van der Waals surface area contributed by atoms with Crippen LogP contribution in [0.4, 0.5) is 0 Å². The van der Waals surface area contributed by atoms with Crippen molar-refractivity contribution >= 4 is 22.6 Å². The number of nitrogens with zero attached hydrogens (tertiary/aromatic N) is 2. The van der Waals surface area contributed by atoms with Gasteiger partial charge in [0.15, 0.2) is 0 Å². The lowest BCUT2D eigenvalue weighted by Gasteiger charge is -2.00. The summed E-state index contributed by atoms with van der Waals surface area (Å²) in [5.74, 6) is 1.23. The van der Waals surface area contributed by atoms with Crippen LogP contribution in [0.2, 0.25) is 0 Å². The Morgan fingerprint density at radius 2 is 2.29 bits per heavy atom. The molecule has 1 saturated heterocycles. The van der Waals surface area contributed by atoms with Crippen molar-refractivity contribution in [2.75, 3.05) is 6.61 Å². The first kappa shape index (κ1) is 11.2. The first-order valence-electron chi connectivity index (χ1n) is 5.54. The van der Waals surface area contributed by atoms with E-state index < -0.39 is 0 Å². The summed E-state index contributed by atoms with van der Waals surface area (Å²) in [6.07, 6.45) is 2.01. The SMILES string of the molecule is Ic1cccc(-c2noc([C@@H]3CCCO3)n2)c1. The largest absolute Gasteiger partial charge is 0.368 e. The highest BCUT2D eigenvalue weighted by atomic mass is 127. The van der Waals surface area contributed by atoms with Gasteiger partial charge in [-0.2, -0.15) is 4.98 Å². The predicted molar refractivity (Wildman–Crippen MR) is 70.4 cm³/mol. The summed E-state index contributed by atoms with van der Waals surface area (Å²) in [4.78, 5) is 4.40. The molecule has 1 aliphatic heterocycles. The van der Waals surface area contributed by atoms with E-state index >= 15 is 0 Å². The molecule has 2 heterocycles. The van der Waals surface area contributed by atoms with Gasteiger partial charge in [-0.15, -0.1) is 0 Å². The van der Waals surface area contributed by atoms with Gasteiger partial charge in [0.25, 0.3) is 5.89 Å². The molecule has 0 unspecified atom stereocenters. The zero-order chi connectivity index (χ0) is 11.7. The van der Waals surface area contributed by atoms with Gasteiger partial charge in [0.2, 0.25) is 5.82 Å². The Labute approximate surface area is 113 Å². The van der Waals surface area contributed by atoms with Crippen LogP contribution >= 0.6 is 22.6 Å². The first-order valence-corrected chi connectivity index (χ1v) is 6.62. The summed E-state index contributed by atoms with van der Waals surface area (Å²) in [6, 6.07) is 8.03. The lowest BCUT2D eigenvalue weighted by molar-refractivity contribution is 0.0835. The number of rotatable bonds is 2. The maximum absolute atomic E-state index is 5.51. The summed E-state index contributed by atoms with van der Waals surface area (Å²) < 4.78 is 11.9. The normalized spacial score (nSPS) is 19.7. The second-order valence-corrected chi connectivity index (χ2v) is 5.21. The minimum atomic E-state index is -0.0148. The van der Waals surface area contributed by atoms with Crippen molar-refractivity contribution in [2.45, 2.75) is 18.9 Å². The van der Waals surface area contributed by atoms with E-state index in [1.54, 1.807) is 0 Å². The monoisotopic (exact) mass is 342 g/mol. The van der Waals surface area contributed by atoms with Crippen LogP contribution in [-0.4, -0.2) is 16.7 Å². The van der Waals surface area contributed by atoms with E-state index in [1.807, 2.05) is 24.3 Å². The van der Waals surface area contributed by atoms with Crippen molar-refractivity contribution in [1.82, 2.24) is 10.1 Å². The molecule has 0 saturated carbocycles. The van der Waals surface area contributed by atoms with Crippen molar-refractivity contribution in [3.63, 3.8) is 0 Å². The maximum atomic E-state index is 5.51. The van der Waals surface area contributed by atoms with E-state index in [9.17, 15) is 0 Å². The molecular weight excluding hydrogens is 331 g/mol. The zero-order valence-electron chi connectivity index (χ0n) is 9.10. The van der Waals surface area contributed by atoms with Crippen molar-refractivity contribution in [2.24, 2.45) is 0 Å². The smallest absolute Gasteiger partial charge is 0.256 e. The Bertz CT molecular complexity index is 521. The molecule has 3 rings (SSSR count). The van der Waals surface area contributed by atoms with Gasteiger partial charge in [-0.25, -0.2) is 0 Å². The lowest BCUT2D eigenvalue weighted by Crippen LogP contribution is -1.95. The number of benzene rings is 1. The van der Waals surface area contributed by atoms with Gasteiger partial charge in [-0.3, -0.25) is 0 Å². The first-order chi connectivity index (χ1) is 8.33. The van der Waals surface area contributed by atoms with Crippen molar-refractivity contribution in [1.29, 1.82) is 0 Å². The fourth-order valence-corrected chi connectivity index (χ4v) is 2.43. The number of hydrogen-bond acceptors (Lipinski definition) is 4. The summed E-state index contributed by atoms with van der Waals surface area (Å²) in [5.41, 5.74) is 0.977. The van der Waals surface area contributed by atoms with Gasteiger partial charge in [0.1, 0.15) is 6.10 Å². The number of hydrogen-bond donors (Lipinski definition) is 0. The number of aromatic nitrogens is 2. The van der Waals surface area contributed by atoms with E-state index in [1.165, 1.54) is 0 Å². The average Bonchev–Trinajstić information content (AvgIpc) is 3.00. The molecule has 2 aromatic rings. The van der Waals surface area contributed by atoms with Crippen molar-refractivity contribution < 1.29 is 9.26 Å². The highest BCUT2D eigenvalue weighted by Gasteiger charge is 2.24. The minimum absolute atomic E-state index is 0.0148. The summed E-state index contributed by atoms with van der Waals surface area (Å²) >= 11 is 2.27. The van der Waals surface area contributed by atoms with Crippen LogP contribution in [0.15, 0.2) is 28.8 Å². The Hall–Kier alpha value is -0.950. The highest BCUT2D eigenvalue weighted by molar-refractivity contribution is 14.1. The molecule has 4 nitrogen and oxygen atoms in total. The molecule has 1 atom stereocenters. The molecule has 0 bridgehead atoms. The molecular formula is C12H11IN2O2.